The van der Waals surface area contributed by atoms with Crippen LogP contribution in [0.25, 0.3) is 0 Å². The number of hydrogen-bond acceptors (Lipinski definition) is 4. The van der Waals surface area contributed by atoms with E-state index in [1.807, 2.05) is 24.3 Å². The van der Waals surface area contributed by atoms with Crippen LogP contribution in [0.1, 0.15) is 33.6 Å². The van der Waals surface area contributed by atoms with Crippen molar-refractivity contribution >= 4 is 23.4 Å². The number of carbonyl (C=O) groups excluding carboxylic acids is 2. The number of halogens is 2. The first-order valence-corrected chi connectivity index (χ1v) is 11.9. The molecule has 1 saturated heterocycles. The summed E-state index contributed by atoms with van der Waals surface area (Å²) in [5.74, 6) is 0.361. The molecule has 3 aromatic rings. The van der Waals surface area contributed by atoms with Gasteiger partial charge >= 0.3 is 0 Å². The largest absolute Gasteiger partial charge is 0.497 e. The molecule has 0 bridgehead atoms. The van der Waals surface area contributed by atoms with E-state index in [9.17, 15) is 14.0 Å². The van der Waals surface area contributed by atoms with Gasteiger partial charge in [0.05, 0.1) is 24.9 Å². The number of methoxy groups -OCH3 is 1. The number of piperazine rings is 1. The first kappa shape index (κ1) is 24.7. The van der Waals surface area contributed by atoms with E-state index in [0.717, 1.165) is 16.9 Å². The maximum atomic E-state index is 13.2. The summed E-state index contributed by atoms with van der Waals surface area (Å²) in [6.45, 7) is 3.92. The summed E-state index contributed by atoms with van der Waals surface area (Å²) in [6.07, 6.45) is 1.07. The highest BCUT2D eigenvalue weighted by atomic mass is 35.5. The molecular formula is C26H28ClFN4O3. The first-order valence-electron chi connectivity index (χ1n) is 11.5. The van der Waals surface area contributed by atoms with Gasteiger partial charge in [-0.05, 0) is 48.7 Å². The molecule has 1 aliphatic rings. The fourth-order valence-electron chi connectivity index (χ4n) is 4.18. The molecule has 0 N–H and O–H groups in total. The van der Waals surface area contributed by atoms with Crippen LogP contribution in [-0.4, -0.2) is 64.7 Å². The Morgan fingerprint density at radius 2 is 1.57 bits per heavy atom. The van der Waals surface area contributed by atoms with Gasteiger partial charge in [-0.3, -0.25) is 9.59 Å². The topological polar surface area (TPSA) is 67.7 Å². The molecule has 0 saturated carbocycles. The number of hydrogen-bond donors (Lipinski definition) is 0. The minimum atomic E-state index is -0.314. The third-order valence-corrected chi connectivity index (χ3v) is 6.62. The molecule has 2 amide bonds. The summed E-state index contributed by atoms with van der Waals surface area (Å²) in [5.41, 5.74) is 2.82. The predicted molar refractivity (Wildman–Crippen MR) is 131 cm³/mol. The van der Waals surface area contributed by atoms with Gasteiger partial charge in [-0.1, -0.05) is 35.9 Å². The van der Waals surface area contributed by atoms with E-state index in [0.29, 0.717) is 56.8 Å². The molecule has 1 aromatic heterocycles. The van der Waals surface area contributed by atoms with Gasteiger partial charge in [0.25, 0.3) is 5.91 Å². The number of nitrogens with zero attached hydrogens (tertiary/aromatic N) is 4. The highest BCUT2D eigenvalue weighted by molar-refractivity contribution is 6.33. The van der Waals surface area contributed by atoms with Crippen molar-refractivity contribution in [2.24, 2.45) is 0 Å². The summed E-state index contributed by atoms with van der Waals surface area (Å²) in [4.78, 5) is 29.4. The Labute approximate surface area is 209 Å². The lowest BCUT2D eigenvalue weighted by atomic mass is 10.1. The van der Waals surface area contributed by atoms with Gasteiger partial charge in [0.15, 0.2) is 0 Å². The molecule has 2 heterocycles. The van der Waals surface area contributed by atoms with E-state index in [2.05, 4.69) is 5.10 Å². The molecule has 0 unspecified atom stereocenters. The Morgan fingerprint density at radius 1 is 0.971 bits per heavy atom. The molecule has 35 heavy (non-hydrogen) atoms. The summed E-state index contributed by atoms with van der Waals surface area (Å²) in [5, 5.41) is 4.68. The van der Waals surface area contributed by atoms with Gasteiger partial charge in [-0.15, -0.1) is 0 Å². The maximum absolute atomic E-state index is 13.2. The smallest absolute Gasteiger partial charge is 0.259 e. The van der Waals surface area contributed by atoms with Crippen LogP contribution in [0, 0.1) is 12.7 Å². The SMILES string of the molecule is COc1ccc(CCC(=O)N2CCN(C(=O)c3c(C)nn(Cc4ccc(F)cc4)c3Cl)CC2)cc1. The number of benzene rings is 2. The van der Waals surface area contributed by atoms with Gasteiger partial charge in [-0.2, -0.15) is 5.10 Å². The first-order chi connectivity index (χ1) is 16.9. The Kier molecular flexibility index (Phi) is 7.70. The van der Waals surface area contributed by atoms with E-state index >= 15 is 0 Å². The normalized spacial score (nSPS) is 13.7. The summed E-state index contributed by atoms with van der Waals surface area (Å²) >= 11 is 6.53. The molecule has 2 aromatic carbocycles. The highest BCUT2D eigenvalue weighted by Crippen LogP contribution is 2.24. The minimum absolute atomic E-state index is 0.0780. The van der Waals surface area contributed by atoms with E-state index in [4.69, 9.17) is 16.3 Å². The van der Waals surface area contributed by atoms with E-state index < -0.39 is 0 Å². The number of ether oxygens (including phenoxy) is 1. The molecule has 0 radical (unpaired) electrons. The van der Waals surface area contributed by atoms with Gasteiger partial charge in [0.1, 0.15) is 16.7 Å². The van der Waals surface area contributed by atoms with E-state index in [1.54, 1.807) is 40.6 Å². The molecule has 7 nitrogen and oxygen atoms in total. The van der Waals surface area contributed by atoms with Crippen LogP contribution < -0.4 is 4.74 Å². The molecule has 9 heteroatoms. The molecule has 184 valence electrons. The van der Waals surface area contributed by atoms with Crippen molar-refractivity contribution < 1.29 is 18.7 Å². The quantitative estimate of drug-likeness (QED) is 0.494. The van der Waals surface area contributed by atoms with Crippen molar-refractivity contribution in [2.45, 2.75) is 26.3 Å². The Hall–Kier alpha value is -3.39. The predicted octanol–water partition coefficient (Wildman–Crippen LogP) is 3.96. The van der Waals surface area contributed by atoms with Crippen LogP contribution in [0.15, 0.2) is 48.5 Å². The van der Waals surface area contributed by atoms with Crippen LogP contribution in [0.2, 0.25) is 5.15 Å². The Bertz CT molecular complexity index is 1190. The van der Waals surface area contributed by atoms with Crippen LogP contribution in [0.5, 0.6) is 5.75 Å². The molecular weight excluding hydrogens is 471 g/mol. The van der Waals surface area contributed by atoms with Crippen LogP contribution >= 0.6 is 11.6 Å². The lowest BCUT2D eigenvalue weighted by Gasteiger charge is -2.35. The average molecular weight is 499 g/mol. The third-order valence-electron chi connectivity index (χ3n) is 6.23. The lowest BCUT2D eigenvalue weighted by molar-refractivity contribution is -0.132. The number of rotatable bonds is 7. The molecule has 4 rings (SSSR count). The number of amides is 2. The minimum Gasteiger partial charge on any atom is -0.497 e. The second-order valence-corrected chi connectivity index (χ2v) is 8.91. The molecule has 0 atom stereocenters. The second kappa shape index (κ2) is 10.9. The summed E-state index contributed by atoms with van der Waals surface area (Å²) in [6, 6.07) is 13.8. The Morgan fingerprint density at radius 3 is 2.20 bits per heavy atom. The zero-order valence-electron chi connectivity index (χ0n) is 19.8. The van der Waals surface area contributed by atoms with Crippen LogP contribution in [0.4, 0.5) is 4.39 Å². The highest BCUT2D eigenvalue weighted by Gasteiger charge is 2.29. The lowest BCUT2D eigenvalue weighted by Crippen LogP contribution is -2.50. The molecule has 1 aliphatic heterocycles. The number of aryl methyl sites for hydroxylation is 2. The van der Waals surface area contributed by atoms with Crippen molar-refractivity contribution in [3.8, 4) is 5.75 Å². The van der Waals surface area contributed by atoms with Crippen molar-refractivity contribution in [3.63, 3.8) is 0 Å². The van der Waals surface area contributed by atoms with Crippen molar-refractivity contribution in [3.05, 3.63) is 81.9 Å². The van der Waals surface area contributed by atoms with Gasteiger partial charge in [0.2, 0.25) is 5.91 Å². The average Bonchev–Trinajstić information content (AvgIpc) is 3.16. The monoisotopic (exact) mass is 498 g/mol. The maximum Gasteiger partial charge on any atom is 0.259 e. The number of carbonyl (C=O) groups is 2. The Balaban J connectivity index is 1.32. The zero-order chi connectivity index (χ0) is 24.9. The number of aromatic nitrogens is 2. The fourth-order valence-corrected chi connectivity index (χ4v) is 4.50. The molecule has 0 aliphatic carbocycles. The van der Waals surface area contributed by atoms with Crippen LogP contribution in [0.3, 0.4) is 0 Å². The zero-order valence-corrected chi connectivity index (χ0v) is 20.6. The third kappa shape index (κ3) is 5.82. The molecule has 0 spiro atoms. The molecule has 1 fully saturated rings. The summed E-state index contributed by atoms with van der Waals surface area (Å²) in [7, 11) is 1.62. The van der Waals surface area contributed by atoms with Gasteiger partial charge < -0.3 is 14.5 Å². The summed E-state index contributed by atoms with van der Waals surface area (Å²) < 4.78 is 19.9. The second-order valence-electron chi connectivity index (χ2n) is 8.56. The standard InChI is InChI=1S/C26H28ClFN4O3/c1-18-24(25(27)32(29-18)17-20-3-8-21(28)9-4-20)26(34)31-15-13-30(14-16-31)23(33)12-7-19-5-10-22(35-2)11-6-19/h3-6,8-11H,7,12-17H2,1-2H3. The van der Waals surface area contributed by atoms with E-state index in [-0.39, 0.29) is 22.8 Å². The van der Waals surface area contributed by atoms with Crippen molar-refractivity contribution in [2.75, 3.05) is 33.3 Å². The van der Waals surface area contributed by atoms with Gasteiger partial charge in [0, 0.05) is 32.6 Å². The van der Waals surface area contributed by atoms with Crippen molar-refractivity contribution in [1.29, 1.82) is 0 Å². The van der Waals surface area contributed by atoms with Crippen molar-refractivity contribution in [1.82, 2.24) is 19.6 Å². The van der Waals surface area contributed by atoms with Crippen LogP contribution in [-0.2, 0) is 17.8 Å². The van der Waals surface area contributed by atoms with E-state index in [1.165, 1.54) is 12.1 Å². The van der Waals surface area contributed by atoms with Gasteiger partial charge in [-0.25, -0.2) is 9.07 Å². The fraction of sp³-hybridized carbons (Fsp3) is 0.346.